The van der Waals surface area contributed by atoms with Crippen molar-refractivity contribution in [3.05, 3.63) is 83.9 Å². The molecule has 2 aliphatic rings. The molecule has 0 saturated carbocycles. The van der Waals surface area contributed by atoms with Crippen molar-refractivity contribution in [2.24, 2.45) is 0 Å². The van der Waals surface area contributed by atoms with Gasteiger partial charge in [0.2, 0.25) is 5.91 Å². The molecule has 2 fully saturated rings. The van der Waals surface area contributed by atoms with E-state index in [0.717, 1.165) is 34.3 Å². The van der Waals surface area contributed by atoms with Crippen LogP contribution in [0.1, 0.15) is 24.1 Å². The minimum Gasteiger partial charge on any atom is -0.379 e. The van der Waals surface area contributed by atoms with Crippen LogP contribution in [0.15, 0.2) is 72.8 Å². The molecule has 0 aromatic heterocycles. The number of nitrogens with one attached hydrogen (secondary N) is 2. The number of carbonyl (C=O) groups excluding carboxylic acids is 3. The lowest BCUT2D eigenvalue weighted by molar-refractivity contribution is -0.135. The maximum Gasteiger partial charge on any atom is 0.325 e. The number of urea groups is 1. The molecule has 8 nitrogen and oxygen atoms in total. The van der Waals surface area contributed by atoms with Crippen LogP contribution in [0.2, 0.25) is 0 Å². The molecule has 2 saturated heterocycles. The second kappa shape index (κ2) is 10.1. The molecular weight excluding hydrogens is 456 g/mol. The average Bonchev–Trinajstić information content (AvgIpc) is 3.12. The quantitative estimate of drug-likeness (QED) is 0.501. The number of hydrogen-bond acceptors (Lipinski definition) is 5. The predicted octanol–water partition coefficient (Wildman–Crippen LogP) is 2.80. The molecule has 5 rings (SSSR count). The molecule has 2 atom stereocenters. The molecule has 0 aliphatic carbocycles. The Morgan fingerprint density at radius 1 is 1.00 bits per heavy atom. The second-order valence-electron chi connectivity index (χ2n) is 9.45. The zero-order chi connectivity index (χ0) is 25.1. The summed E-state index contributed by atoms with van der Waals surface area (Å²) in [5.41, 5.74) is 0.404. The molecule has 2 unspecified atom stereocenters. The van der Waals surface area contributed by atoms with E-state index in [-0.39, 0.29) is 18.5 Å². The summed E-state index contributed by atoms with van der Waals surface area (Å²) in [4.78, 5) is 42.6. The molecule has 2 heterocycles. The van der Waals surface area contributed by atoms with Gasteiger partial charge in [-0.2, -0.15) is 0 Å². The number of hydrogen-bond donors (Lipinski definition) is 2. The Balaban J connectivity index is 1.31. The van der Waals surface area contributed by atoms with Crippen LogP contribution in [0, 0.1) is 0 Å². The van der Waals surface area contributed by atoms with Gasteiger partial charge >= 0.3 is 6.03 Å². The lowest BCUT2D eigenvalue weighted by atomic mass is 9.90. The van der Waals surface area contributed by atoms with E-state index in [1.165, 1.54) is 0 Å². The summed E-state index contributed by atoms with van der Waals surface area (Å²) in [5, 5.41) is 7.87. The molecule has 8 heteroatoms. The molecular formula is C28H30N4O4. The van der Waals surface area contributed by atoms with Crippen LogP contribution in [0.4, 0.5) is 4.79 Å². The minimum absolute atomic E-state index is 0.274. The molecule has 4 amide bonds. The average molecular weight is 487 g/mol. The topological polar surface area (TPSA) is 91.0 Å². The van der Waals surface area contributed by atoms with Gasteiger partial charge in [-0.05, 0) is 34.9 Å². The van der Waals surface area contributed by atoms with E-state index in [1.807, 2.05) is 72.8 Å². The molecule has 0 bridgehead atoms. The van der Waals surface area contributed by atoms with E-state index in [2.05, 4.69) is 15.5 Å². The third-order valence-corrected chi connectivity index (χ3v) is 6.99. The first kappa shape index (κ1) is 24.0. The van der Waals surface area contributed by atoms with Gasteiger partial charge in [-0.1, -0.05) is 66.7 Å². The Morgan fingerprint density at radius 2 is 1.69 bits per heavy atom. The van der Waals surface area contributed by atoms with E-state index < -0.39 is 17.5 Å². The molecule has 2 N–H and O–H groups in total. The lowest BCUT2D eigenvalue weighted by Crippen LogP contribution is -2.47. The van der Waals surface area contributed by atoms with Gasteiger partial charge in [0.1, 0.15) is 12.1 Å². The number of amides is 4. The molecule has 2 aliphatic heterocycles. The number of morpholine rings is 1. The Morgan fingerprint density at radius 3 is 2.44 bits per heavy atom. The zero-order valence-corrected chi connectivity index (χ0v) is 20.3. The van der Waals surface area contributed by atoms with Crippen molar-refractivity contribution < 1.29 is 19.1 Å². The first-order valence-corrected chi connectivity index (χ1v) is 12.2. The maximum absolute atomic E-state index is 13.4. The Kier molecular flexibility index (Phi) is 6.71. The highest BCUT2D eigenvalue weighted by atomic mass is 16.5. The first-order valence-electron chi connectivity index (χ1n) is 12.2. The van der Waals surface area contributed by atoms with Gasteiger partial charge in [0.05, 0.1) is 19.3 Å². The summed E-state index contributed by atoms with van der Waals surface area (Å²) in [7, 11) is 0. The molecule has 3 aromatic carbocycles. The summed E-state index contributed by atoms with van der Waals surface area (Å²) in [6.45, 7) is 4.85. The van der Waals surface area contributed by atoms with Crippen LogP contribution in [0.3, 0.4) is 0 Å². The summed E-state index contributed by atoms with van der Waals surface area (Å²) in [6.07, 6.45) is 0. The first-order chi connectivity index (χ1) is 17.4. The monoisotopic (exact) mass is 486 g/mol. The van der Waals surface area contributed by atoms with E-state index in [1.54, 1.807) is 6.92 Å². The fourth-order valence-electron chi connectivity index (χ4n) is 4.88. The molecule has 0 radical (unpaired) electrons. The van der Waals surface area contributed by atoms with Crippen LogP contribution in [0.25, 0.3) is 10.8 Å². The number of benzene rings is 3. The lowest BCUT2D eigenvalue weighted by Gasteiger charge is -2.31. The largest absolute Gasteiger partial charge is 0.379 e. The number of rotatable bonds is 7. The smallest absolute Gasteiger partial charge is 0.325 e. The van der Waals surface area contributed by atoms with Crippen LogP contribution in [0.5, 0.6) is 0 Å². The van der Waals surface area contributed by atoms with Crippen LogP contribution in [-0.4, -0.2) is 67.0 Å². The standard InChI is InChI=1S/C28H30N4O4/c1-28(23-12-11-20-7-5-6-10-22(20)17-23)26(34)32(27(35)30-28)19-25(33)29-24(21-8-3-2-4-9-21)18-31-13-15-36-16-14-31/h2-12,17,24H,13-16,18-19H2,1H3,(H,29,33)(H,30,35). The summed E-state index contributed by atoms with van der Waals surface area (Å²) in [6, 6.07) is 22.4. The highest BCUT2D eigenvalue weighted by Gasteiger charge is 2.49. The fraction of sp³-hybridized carbons (Fsp3) is 0.321. The van der Waals surface area contributed by atoms with E-state index in [4.69, 9.17) is 4.74 Å². The SMILES string of the molecule is CC1(c2ccc3ccccc3c2)NC(=O)N(CC(=O)NC(CN2CCOCC2)c2ccccc2)C1=O. The number of ether oxygens (including phenoxy) is 1. The summed E-state index contributed by atoms with van der Waals surface area (Å²) < 4.78 is 5.44. The van der Waals surface area contributed by atoms with Crippen molar-refractivity contribution in [1.82, 2.24) is 20.4 Å². The zero-order valence-electron chi connectivity index (χ0n) is 20.3. The predicted molar refractivity (Wildman–Crippen MR) is 136 cm³/mol. The van der Waals surface area contributed by atoms with Gasteiger partial charge in [-0.15, -0.1) is 0 Å². The van der Waals surface area contributed by atoms with Crippen molar-refractivity contribution in [2.75, 3.05) is 39.4 Å². The maximum atomic E-state index is 13.4. The third-order valence-electron chi connectivity index (χ3n) is 6.99. The number of imide groups is 1. The fourth-order valence-corrected chi connectivity index (χ4v) is 4.88. The molecule has 36 heavy (non-hydrogen) atoms. The van der Waals surface area contributed by atoms with Crippen molar-refractivity contribution in [1.29, 1.82) is 0 Å². The molecule has 3 aromatic rings. The molecule has 186 valence electrons. The highest BCUT2D eigenvalue weighted by Crippen LogP contribution is 2.31. The molecule has 0 spiro atoms. The van der Waals surface area contributed by atoms with Gasteiger partial charge in [-0.3, -0.25) is 19.4 Å². The van der Waals surface area contributed by atoms with Crippen molar-refractivity contribution in [2.45, 2.75) is 18.5 Å². The normalized spacial score (nSPS) is 21.4. The van der Waals surface area contributed by atoms with Gasteiger partial charge < -0.3 is 15.4 Å². The van der Waals surface area contributed by atoms with Gasteiger partial charge in [-0.25, -0.2) is 4.79 Å². The van der Waals surface area contributed by atoms with Crippen molar-refractivity contribution in [3.63, 3.8) is 0 Å². The van der Waals surface area contributed by atoms with Crippen LogP contribution >= 0.6 is 0 Å². The van der Waals surface area contributed by atoms with Gasteiger partial charge in [0.25, 0.3) is 5.91 Å². The highest BCUT2D eigenvalue weighted by molar-refractivity contribution is 6.09. The van der Waals surface area contributed by atoms with Crippen molar-refractivity contribution in [3.8, 4) is 0 Å². The third kappa shape index (κ3) is 4.82. The van der Waals surface area contributed by atoms with Gasteiger partial charge in [0.15, 0.2) is 0 Å². The Labute approximate surface area is 210 Å². The Bertz CT molecular complexity index is 1270. The second-order valence-corrected chi connectivity index (χ2v) is 9.45. The van der Waals surface area contributed by atoms with Crippen molar-refractivity contribution >= 4 is 28.6 Å². The van der Waals surface area contributed by atoms with E-state index in [0.29, 0.717) is 25.3 Å². The van der Waals surface area contributed by atoms with E-state index in [9.17, 15) is 14.4 Å². The number of carbonyl (C=O) groups is 3. The van der Waals surface area contributed by atoms with Gasteiger partial charge in [0, 0.05) is 19.6 Å². The van der Waals surface area contributed by atoms with Crippen LogP contribution < -0.4 is 10.6 Å². The van der Waals surface area contributed by atoms with E-state index >= 15 is 0 Å². The number of nitrogens with zero attached hydrogens (tertiary/aromatic N) is 2. The minimum atomic E-state index is -1.24. The Hall–Kier alpha value is -3.75. The summed E-state index contributed by atoms with van der Waals surface area (Å²) in [5.74, 6) is -0.828. The summed E-state index contributed by atoms with van der Waals surface area (Å²) >= 11 is 0. The number of fused-ring (bicyclic) bond motifs is 1. The van der Waals surface area contributed by atoms with Crippen LogP contribution in [-0.2, 0) is 19.9 Å².